The van der Waals surface area contributed by atoms with Gasteiger partial charge in [-0.05, 0) is 79.0 Å². The highest BCUT2D eigenvalue weighted by molar-refractivity contribution is 4.85. The molecule has 140 valence electrons. The minimum Gasteiger partial charge on any atom is -0.304 e. The summed E-state index contributed by atoms with van der Waals surface area (Å²) in [5.74, 6) is -0.0102. The molecule has 0 aromatic rings. The van der Waals surface area contributed by atoms with Crippen molar-refractivity contribution < 1.29 is 0 Å². The van der Waals surface area contributed by atoms with Gasteiger partial charge in [-0.2, -0.15) is 0 Å². The van der Waals surface area contributed by atoms with Gasteiger partial charge in [-0.1, -0.05) is 41.0 Å². The van der Waals surface area contributed by atoms with E-state index in [4.69, 9.17) is 0 Å². The summed E-state index contributed by atoms with van der Waals surface area (Å²) in [6, 6.07) is 0. The van der Waals surface area contributed by atoms with Crippen molar-refractivity contribution in [1.29, 1.82) is 0 Å². The van der Waals surface area contributed by atoms with E-state index in [2.05, 4.69) is 68.7 Å². The van der Waals surface area contributed by atoms with Gasteiger partial charge in [-0.25, -0.2) is 0 Å². The van der Waals surface area contributed by atoms with Gasteiger partial charge in [0.15, 0.2) is 0 Å². The van der Waals surface area contributed by atoms with Crippen LogP contribution in [0.1, 0.15) is 66.7 Å². The van der Waals surface area contributed by atoms with Gasteiger partial charge < -0.3 is 4.90 Å². The molecule has 4 heteroatoms. The first-order chi connectivity index (χ1) is 11.0. The highest BCUT2D eigenvalue weighted by Gasteiger charge is 2.36. The van der Waals surface area contributed by atoms with Gasteiger partial charge in [0.2, 0.25) is 0 Å². The Balaban J connectivity index is 4.84. The Morgan fingerprint density at radius 2 is 1.39 bits per heavy atom. The van der Waals surface area contributed by atoms with Gasteiger partial charge in [-0.15, -0.1) is 0 Å². The number of hydrogen-bond donors (Lipinski definition) is 1. The maximum Gasteiger partial charge on any atom is 0.128 e. The van der Waals surface area contributed by atoms with Crippen LogP contribution >= 0.6 is 0 Å². The summed E-state index contributed by atoms with van der Waals surface area (Å²) in [6.45, 7) is 18.2. The first-order valence-corrected chi connectivity index (χ1v) is 9.92. The Morgan fingerprint density at radius 3 is 1.83 bits per heavy atom. The normalized spacial score (nSPS) is 14.9. The average Bonchev–Trinajstić information content (AvgIpc) is 2.55. The van der Waals surface area contributed by atoms with E-state index < -0.39 is 0 Å². The average molecular weight is 329 g/mol. The molecule has 23 heavy (non-hydrogen) atoms. The first-order valence-electron chi connectivity index (χ1n) is 9.92. The Hall–Kier alpha value is -0.160. The van der Waals surface area contributed by atoms with Crippen LogP contribution in [0.2, 0.25) is 0 Å². The molecule has 4 nitrogen and oxygen atoms in total. The molecule has 0 saturated heterocycles. The minimum absolute atomic E-state index is 0.0102. The summed E-state index contributed by atoms with van der Waals surface area (Å²) in [4.78, 5) is 7.56. The standard InChI is InChI=1S/C19H44N4/c1-8-13-17-22(10-3)18-14-15-19(21(6)7,20-16-9-2)23(11-4)12-5/h20H,8-18H2,1-7H3. The van der Waals surface area contributed by atoms with E-state index in [1.807, 2.05) is 0 Å². The lowest BCUT2D eigenvalue weighted by Gasteiger charge is -2.49. The Kier molecular flexibility index (Phi) is 13.1. The molecule has 0 amide bonds. The number of unbranched alkanes of at least 4 members (excludes halogenated alkanes) is 1. The molecule has 1 atom stereocenters. The van der Waals surface area contributed by atoms with Gasteiger partial charge in [0.05, 0.1) is 0 Å². The van der Waals surface area contributed by atoms with Gasteiger partial charge in [-0.3, -0.25) is 15.1 Å². The topological polar surface area (TPSA) is 21.8 Å². The summed E-state index contributed by atoms with van der Waals surface area (Å²) >= 11 is 0. The second kappa shape index (κ2) is 13.2. The van der Waals surface area contributed by atoms with Crippen LogP contribution in [0, 0.1) is 0 Å². The third-order valence-electron chi connectivity index (χ3n) is 4.96. The molecule has 0 heterocycles. The summed E-state index contributed by atoms with van der Waals surface area (Å²) in [5, 5.41) is 3.85. The van der Waals surface area contributed by atoms with E-state index in [0.717, 1.165) is 19.6 Å². The smallest absolute Gasteiger partial charge is 0.128 e. The van der Waals surface area contributed by atoms with Crippen LogP contribution in [0.4, 0.5) is 0 Å². The van der Waals surface area contributed by atoms with Gasteiger partial charge in [0.25, 0.3) is 0 Å². The van der Waals surface area contributed by atoms with Crippen molar-refractivity contribution in [3.63, 3.8) is 0 Å². The van der Waals surface area contributed by atoms with Crippen molar-refractivity contribution in [2.75, 3.05) is 53.4 Å². The predicted octanol–water partition coefficient (Wildman–Crippen LogP) is 3.45. The zero-order chi connectivity index (χ0) is 17.7. The summed E-state index contributed by atoms with van der Waals surface area (Å²) < 4.78 is 0. The second-order valence-electron chi connectivity index (χ2n) is 6.70. The van der Waals surface area contributed by atoms with Crippen LogP contribution in [0.5, 0.6) is 0 Å². The van der Waals surface area contributed by atoms with E-state index in [9.17, 15) is 0 Å². The van der Waals surface area contributed by atoms with Crippen molar-refractivity contribution in [2.45, 2.75) is 72.5 Å². The Bertz CT molecular complexity index is 266. The van der Waals surface area contributed by atoms with Gasteiger partial charge in [0, 0.05) is 0 Å². The molecule has 0 saturated carbocycles. The van der Waals surface area contributed by atoms with Crippen LogP contribution in [0.3, 0.4) is 0 Å². The molecule has 1 N–H and O–H groups in total. The molecule has 0 bridgehead atoms. The van der Waals surface area contributed by atoms with E-state index in [0.29, 0.717) is 0 Å². The van der Waals surface area contributed by atoms with Crippen molar-refractivity contribution >= 4 is 0 Å². The van der Waals surface area contributed by atoms with E-state index in [1.165, 1.54) is 51.7 Å². The molecule has 0 spiro atoms. The summed E-state index contributed by atoms with van der Waals surface area (Å²) in [5.41, 5.74) is 0. The molecule has 0 aliphatic rings. The largest absolute Gasteiger partial charge is 0.304 e. The highest BCUT2D eigenvalue weighted by Crippen LogP contribution is 2.22. The second-order valence-corrected chi connectivity index (χ2v) is 6.70. The van der Waals surface area contributed by atoms with E-state index in [-0.39, 0.29) is 5.79 Å². The van der Waals surface area contributed by atoms with E-state index in [1.54, 1.807) is 0 Å². The van der Waals surface area contributed by atoms with Crippen LogP contribution in [0.15, 0.2) is 0 Å². The van der Waals surface area contributed by atoms with Crippen LogP contribution in [-0.2, 0) is 0 Å². The minimum atomic E-state index is -0.0102. The van der Waals surface area contributed by atoms with Crippen molar-refractivity contribution in [1.82, 2.24) is 20.0 Å². The molecular formula is C19H44N4. The quantitative estimate of drug-likeness (QED) is 0.465. The molecule has 0 aliphatic heterocycles. The number of hydrogen-bond acceptors (Lipinski definition) is 4. The SMILES string of the molecule is CCCCN(CC)CCCC(NCCC)(N(C)C)N(CC)CC. The van der Waals surface area contributed by atoms with Crippen LogP contribution in [0.25, 0.3) is 0 Å². The molecule has 0 fully saturated rings. The lowest BCUT2D eigenvalue weighted by Crippen LogP contribution is -2.67. The molecule has 0 aromatic heterocycles. The molecule has 0 aliphatic carbocycles. The molecule has 0 rings (SSSR count). The number of rotatable bonds is 15. The highest BCUT2D eigenvalue weighted by atomic mass is 15.5. The Labute approximate surface area is 146 Å². The molecule has 0 aromatic carbocycles. The molecule has 0 radical (unpaired) electrons. The monoisotopic (exact) mass is 328 g/mol. The zero-order valence-electron chi connectivity index (χ0n) is 17.1. The predicted molar refractivity (Wildman–Crippen MR) is 104 cm³/mol. The lowest BCUT2D eigenvalue weighted by molar-refractivity contribution is -0.0635. The maximum absolute atomic E-state index is 3.85. The fourth-order valence-electron chi connectivity index (χ4n) is 3.45. The maximum atomic E-state index is 3.85. The van der Waals surface area contributed by atoms with Gasteiger partial charge in [0.1, 0.15) is 5.79 Å². The summed E-state index contributed by atoms with van der Waals surface area (Å²) in [7, 11) is 4.44. The van der Waals surface area contributed by atoms with E-state index >= 15 is 0 Å². The molecular weight excluding hydrogens is 284 g/mol. The fraction of sp³-hybridized carbons (Fsp3) is 1.00. The third kappa shape index (κ3) is 7.51. The Morgan fingerprint density at radius 1 is 0.783 bits per heavy atom. The zero-order valence-corrected chi connectivity index (χ0v) is 17.1. The van der Waals surface area contributed by atoms with Crippen LogP contribution in [-0.4, -0.2) is 73.9 Å². The van der Waals surface area contributed by atoms with Gasteiger partial charge >= 0.3 is 0 Å². The fourth-order valence-corrected chi connectivity index (χ4v) is 3.45. The molecule has 1 unspecified atom stereocenters. The summed E-state index contributed by atoms with van der Waals surface area (Å²) in [6.07, 6.45) is 6.19. The first kappa shape index (κ1) is 22.8. The van der Waals surface area contributed by atoms with Crippen molar-refractivity contribution in [3.05, 3.63) is 0 Å². The van der Waals surface area contributed by atoms with Crippen molar-refractivity contribution in [2.24, 2.45) is 0 Å². The van der Waals surface area contributed by atoms with Crippen LogP contribution < -0.4 is 5.32 Å². The van der Waals surface area contributed by atoms with Crippen molar-refractivity contribution in [3.8, 4) is 0 Å². The third-order valence-corrected chi connectivity index (χ3v) is 4.96. The number of nitrogens with zero attached hydrogens (tertiary/aromatic N) is 3. The lowest BCUT2D eigenvalue weighted by atomic mass is 10.1. The number of nitrogens with one attached hydrogen (secondary N) is 1.